The zero-order valence-electron chi connectivity index (χ0n) is 45.8. The van der Waals surface area contributed by atoms with Crippen LogP contribution in [0.2, 0.25) is 0 Å². The number of fused-ring (bicyclic) bond motifs is 14. The standard InChI is InChI=1S/C77H62N2/c1-75(2,3)55-37-45-69-67(49-55)68-50-56(76(4,5)6)38-46-70(68)77(69)73-63-43-39-59(78(57-27-15-9-16-28-57)71-33-21-19-31-61(71)51-23-11-7-12-24-51)47-53(63)35-41-65(73)66-42-36-54-48-60(40-44-64(54)74(66)77)79(58-29-17-10-18-30-58)72-34-22-20-32-62(72)52-25-13-8-14-26-52/h7-50H,1-6H3. The van der Waals surface area contributed by atoms with Gasteiger partial charge in [0.05, 0.1) is 16.8 Å². The molecule has 0 heterocycles. The lowest BCUT2D eigenvalue weighted by atomic mass is 9.68. The van der Waals surface area contributed by atoms with Crippen LogP contribution in [0.1, 0.15) is 74.9 Å². The molecule has 0 atom stereocenters. The van der Waals surface area contributed by atoms with Crippen molar-refractivity contribution in [3.8, 4) is 44.5 Å². The molecule has 0 aliphatic heterocycles. The first-order chi connectivity index (χ1) is 38.5. The van der Waals surface area contributed by atoms with E-state index in [-0.39, 0.29) is 10.8 Å². The fraction of sp³-hybridized carbons (Fsp3) is 0.117. The Morgan fingerprint density at radius 3 is 1.04 bits per heavy atom. The Morgan fingerprint density at radius 2 is 0.646 bits per heavy atom. The number of nitrogens with zero attached hydrogens (tertiary/aromatic N) is 2. The summed E-state index contributed by atoms with van der Waals surface area (Å²) in [6.45, 7) is 14.1. The van der Waals surface area contributed by atoms with Gasteiger partial charge in [0.1, 0.15) is 0 Å². The first kappa shape index (κ1) is 48.2. The summed E-state index contributed by atoms with van der Waals surface area (Å²) in [6, 6.07) is 99.9. The number of hydrogen-bond acceptors (Lipinski definition) is 2. The molecule has 14 rings (SSSR count). The van der Waals surface area contributed by atoms with Gasteiger partial charge in [0.2, 0.25) is 0 Å². The third-order valence-electron chi connectivity index (χ3n) is 16.9. The molecule has 0 saturated carbocycles. The predicted octanol–water partition coefficient (Wildman–Crippen LogP) is 21.2. The molecule has 0 amide bonds. The molecule has 0 saturated heterocycles. The van der Waals surface area contributed by atoms with Crippen LogP contribution < -0.4 is 9.80 Å². The van der Waals surface area contributed by atoms with Gasteiger partial charge < -0.3 is 9.80 Å². The van der Waals surface area contributed by atoms with Crippen molar-refractivity contribution in [2.75, 3.05) is 9.80 Å². The van der Waals surface area contributed by atoms with E-state index in [2.05, 4.69) is 318 Å². The first-order valence-corrected chi connectivity index (χ1v) is 27.9. The van der Waals surface area contributed by atoms with E-state index in [1.165, 1.54) is 99.4 Å². The molecule has 0 N–H and O–H groups in total. The number of anilines is 6. The second-order valence-corrected chi connectivity index (χ2v) is 23.7. The van der Waals surface area contributed by atoms with Gasteiger partial charge in [-0.1, -0.05) is 248 Å². The van der Waals surface area contributed by atoms with E-state index in [0.29, 0.717) is 0 Å². The summed E-state index contributed by atoms with van der Waals surface area (Å²) in [4.78, 5) is 4.87. The van der Waals surface area contributed by atoms with Crippen LogP contribution >= 0.6 is 0 Å². The summed E-state index contributed by atoms with van der Waals surface area (Å²) in [5.74, 6) is 0. The highest BCUT2D eigenvalue weighted by atomic mass is 15.1. The second kappa shape index (κ2) is 18.5. The number of rotatable bonds is 8. The van der Waals surface area contributed by atoms with Crippen LogP contribution in [0.5, 0.6) is 0 Å². The molecule has 12 aromatic carbocycles. The Balaban J connectivity index is 1.04. The van der Waals surface area contributed by atoms with Crippen molar-refractivity contribution in [3.63, 3.8) is 0 Å². The average molecular weight is 1020 g/mol. The monoisotopic (exact) mass is 1010 g/mol. The minimum absolute atomic E-state index is 0.0439. The summed E-state index contributed by atoms with van der Waals surface area (Å²) in [7, 11) is 0. The minimum Gasteiger partial charge on any atom is -0.310 e. The van der Waals surface area contributed by atoms with E-state index in [4.69, 9.17) is 0 Å². The van der Waals surface area contributed by atoms with Crippen molar-refractivity contribution >= 4 is 55.7 Å². The van der Waals surface area contributed by atoms with Gasteiger partial charge in [-0.05, 0) is 160 Å². The van der Waals surface area contributed by atoms with Gasteiger partial charge in [0, 0.05) is 33.9 Å². The van der Waals surface area contributed by atoms with E-state index in [9.17, 15) is 0 Å². The van der Waals surface area contributed by atoms with Crippen LogP contribution in [0, 0.1) is 0 Å². The lowest BCUT2D eigenvalue weighted by molar-refractivity contribution is 0.589. The molecule has 12 aromatic rings. The van der Waals surface area contributed by atoms with Crippen molar-refractivity contribution in [2.24, 2.45) is 0 Å². The fourth-order valence-electron chi connectivity index (χ4n) is 13.2. The summed E-state index contributed by atoms with van der Waals surface area (Å²) < 4.78 is 0. The molecule has 0 unspecified atom stereocenters. The normalized spacial score (nSPS) is 13.0. The highest BCUT2D eigenvalue weighted by Crippen LogP contribution is 2.66. The zero-order chi connectivity index (χ0) is 53.6. The van der Waals surface area contributed by atoms with E-state index >= 15 is 0 Å². The fourth-order valence-corrected chi connectivity index (χ4v) is 13.2. The van der Waals surface area contributed by atoms with Crippen molar-refractivity contribution in [3.05, 3.63) is 300 Å². The Morgan fingerprint density at radius 1 is 0.278 bits per heavy atom. The predicted molar refractivity (Wildman–Crippen MR) is 335 cm³/mol. The minimum atomic E-state index is -0.637. The smallest absolute Gasteiger partial charge is 0.0737 e. The Labute approximate surface area is 465 Å². The van der Waals surface area contributed by atoms with E-state index in [0.717, 1.165) is 34.1 Å². The molecule has 0 fully saturated rings. The van der Waals surface area contributed by atoms with Gasteiger partial charge in [-0.25, -0.2) is 0 Å². The first-order valence-electron chi connectivity index (χ1n) is 27.9. The summed E-state index contributed by atoms with van der Waals surface area (Å²) in [5.41, 5.74) is 24.0. The molecule has 0 aromatic heterocycles. The Hall–Kier alpha value is -9.24. The van der Waals surface area contributed by atoms with Gasteiger partial charge in [0.15, 0.2) is 0 Å². The third-order valence-corrected chi connectivity index (χ3v) is 16.9. The lowest BCUT2D eigenvalue weighted by Gasteiger charge is -2.34. The maximum absolute atomic E-state index is 2.53. The maximum atomic E-state index is 2.53. The zero-order valence-corrected chi connectivity index (χ0v) is 45.8. The van der Waals surface area contributed by atoms with Gasteiger partial charge in [-0.2, -0.15) is 0 Å². The van der Waals surface area contributed by atoms with Gasteiger partial charge in [0.25, 0.3) is 0 Å². The van der Waals surface area contributed by atoms with Crippen molar-refractivity contribution in [2.45, 2.75) is 57.8 Å². The lowest BCUT2D eigenvalue weighted by Crippen LogP contribution is -2.27. The van der Waals surface area contributed by atoms with Crippen LogP contribution in [0.4, 0.5) is 34.1 Å². The van der Waals surface area contributed by atoms with Crippen molar-refractivity contribution in [1.82, 2.24) is 0 Å². The molecule has 2 heteroatoms. The number of para-hydroxylation sites is 4. The van der Waals surface area contributed by atoms with Crippen LogP contribution in [-0.2, 0) is 16.2 Å². The molecular weight excluding hydrogens is 953 g/mol. The van der Waals surface area contributed by atoms with E-state index in [1.807, 2.05) is 0 Å². The molecule has 79 heavy (non-hydrogen) atoms. The average Bonchev–Trinajstić information content (AvgIpc) is 3.16. The molecular formula is C77H62N2. The van der Waals surface area contributed by atoms with Gasteiger partial charge in [-0.15, -0.1) is 0 Å². The molecule has 2 aliphatic carbocycles. The third kappa shape index (κ3) is 7.76. The maximum Gasteiger partial charge on any atom is 0.0737 e. The molecule has 0 radical (unpaired) electrons. The second-order valence-electron chi connectivity index (χ2n) is 23.7. The number of benzene rings is 12. The molecule has 0 bridgehead atoms. The highest BCUT2D eigenvalue weighted by molar-refractivity contribution is 6.10. The summed E-state index contributed by atoms with van der Waals surface area (Å²) in [5, 5.41) is 4.93. The Bertz CT molecular complexity index is 4030. The Kier molecular flexibility index (Phi) is 11.3. The highest BCUT2D eigenvalue weighted by Gasteiger charge is 2.54. The van der Waals surface area contributed by atoms with Gasteiger partial charge in [-0.3, -0.25) is 0 Å². The van der Waals surface area contributed by atoms with Crippen LogP contribution in [0.3, 0.4) is 0 Å². The van der Waals surface area contributed by atoms with E-state index in [1.54, 1.807) is 0 Å². The quantitative estimate of drug-likeness (QED) is 0.150. The van der Waals surface area contributed by atoms with Crippen molar-refractivity contribution < 1.29 is 0 Å². The topological polar surface area (TPSA) is 6.48 Å². The molecule has 380 valence electrons. The van der Waals surface area contributed by atoms with E-state index < -0.39 is 5.41 Å². The molecule has 2 aliphatic rings. The molecule has 2 nitrogen and oxygen atoms in total. The summed E-state index contributed by atoms with van der Waals surface area (Å²) in [6.07, 6.45) is 0. The van der Waals surface area contributed by atoms with Crippen LogP contribution in [0.25, 0.3) is 66.1 Å². The molecule has 1 spiro atoms. The SMILES string of the molecule is CC(C)(C)c1ccc2c(c1)-c1cc(C(C)(C)C)ccc1C21c2c(ccc3cc(N(c4ccccc4)c4ccccc4-c4ccccc4)ccc23)-c2ccc3cc(N(c4ccccc4)c4ccccc4-c4ccccc4)ccc3c21. The van der Waals surface area contributed by atoms with Gasteiger partial charge >= 0.3 is 0 Å². The largest absolute Gasteiger partial charge is 0.310 e. The van der Waals surface area contributed by atoms with Crippen molar-refractivity contribution in [1.29, 1.82) is 0 Å². The van der Waals surface area contributed by atoms with Crippen LogP contribution in [-0.4, -0.2) is 0 Å². The number of hydrogen-bond donors (Lipinski definition) is 0. The summed E-state index contributed by atoms with van der Waals surface area (Å²) >= 11 is 0. The van der Waals surface area contributed by atoms with Crippen LogP contribution in [0.15, 0.2) is 267 Å².